The van der Waals surface area contributed by atoms with E-state index in [-0.39, 0.29) is 11.7 Å². The summed E-state index contributed by atoms with van der Waals surface area (Å²) in [5.74, 6) is 0.604. The smallest absolute Gasteiger partial charge is 0.258 e. The minimum absolute atomic E-state index is 0.00469. The molecule has 4 rings (SSSR count). The number of nitrogens with one attached hydrogen (secondary N) is 2. The third-order valence-corrected chi connectivity index (χ3v) is 6.30. The zero-order valence-corrected chi connectivity index (χ0v) is 18.6. The molecule has 0 saturated heterocycles. The Kier molecular flexibility index (Phi) is 6.23. The molecule has 1 heterocycles. The zero-order valence-electron chi connectivity index (χ0n) is 18.6. The number of carbonyl (C=O) groups excluding carboxylic acids is 2. The molecule has 1 aliphatic heterocycles. The second-order valence-corrected chi connectivity index (χ2v) is 9.01. The van der Waals surface area contributed by atoms with Gasteiger partial charge in [-0.05, 0) is 76.4 Å². The number of fused-ring (bicyclic) bond motifs is 1. The third kappa shape index (κ3) is 4.72. The van der Waals surface area contributed by atoms with Crippen LogP contribution in [0.5, 0.6) is 0 Å². The molecule has 1 amide bonds. The highest BCUT2D eigenvalue weighted by atomic mass is 16.2. The quantitative estimate of drug-likeness (QED) is 0.540. The van der Waals surface area contributed by atoms with E-state index < -0.39 is 0 Å². The number of amides is 1. The molecule has 1 saturated carbocycles. The first-order valence-electron chi connectivity index (χ1n) is 11.1. The Balaban J connectivity index is 1.69. The fourth-order valence-electron chi connectivity index (χ4n) is 4.75. The summed E-state index contributed by atoms with van der Waals surface area (Å²) >= 11 is 0. The molecule has 5 nitrogen and oxygen atoms in total. The molecule has 0 bridgehead atoms. The normalized spacial score (nSPS) is 22.1. The Hall–Kier alpha value is -2.92. The molecule has 0 radical (unpaired) electrons. The lowest BCUT2D eigenvalue weighted by atomic mass is 9.85. The van der Waals surface area contributed by atoms with E-state index in [0.29, 0.717) is 17.2 Å². The minimum atomic E-state index is -0.122. The van der Waals surface area contributed by atoms with Crippen molar-refractivity contribution in [2.75, 3.05) is 26.0 Å². The largest absolute Gasteiger partial charge is 0.381 e. The van der Waals surface area contributed by atoms with Gasteiger partial charge in [-0.1, -0.05) is 30.3 Å². The number of rotatable bonds is 6. The summed E-state index contributed by atoms with van der Waals surface area (Å²) < 4.78 is 0. The Bertz CT molecular complexity index is 1000. The van der Waals surface area contributed by atoms with E-state index >= 15 is 0 Å². The zero-order chi connectivity index (χ0) is 22.0. The number of Topliss-reactive ketones (excluding diaryl/α,β-unsaturated/α-hetero) is 1. The molecular formula is C26H31N3O2. The van der Waals surface area contributed by atoms with Crippen LogP contribution in [-0.2, 0) is 4.79 Å². The Morgan fingerprint density at radius 3 is 2.39 bits per heavy atom. The molecule has 2 N–H and O–H groups in total. The van der Waals surface area contributed by atoms with Gasteiger partial charge < -0.3 is 15.5 Å². The fraction of sp³-hybridized carbons (Fsp3) is 0.385. The monoisotopic (exact) mass is 417 g/mol. The Morgan fingerprint density at radius 1 is 1.03 bits per heavy atom. The molecule has 1 fully saturated rings. The van der Waals surface area contributed by atoms with E-state index in [2.05, 4.69) is 29.6 Å². The van der Waals surface area contributed by atoms with Crippen molar-refractivity contribution in [1.29, 1.82) is 0 Å². The van der Waals surface area contributed by atoms with Crippen molar-refractivity contribution in [3.8, 4) is 0 Å². The summed E-state index contributed by atoms with van der Waals surface area (Å²) in [6, 6.07) is 15.8. The molecule has 31 heavy (non-hydrogen) atoms. The molecule has 162 valence electrons. The Morgan fingerprint density at radius 2 is 1.74 bits per heavy atom. The molecule has 2 aromatic rings. The fourth-order valence-corrected chi connectivity index (χ4v) is 4.75. The number of anilines is 1. The number of benzene rings is 2. The van der Waals surface area contributed by atoms with Crippen molar-refractivity contribution in [3.05, 3.63) is 65.2 Å². The highest BCUT2D eigenvalue weighted by Gasteiger charge is 2.30. The van der Waals surface area contributed by atoms with Crippen LogP contribution in [0.4, 0.5) is 5.69 Å². The van der Waals surface area contributed by atoms with Gasteiger partial charge in [0, 0.05) is 29.4 Å². The second kappa shape index (κ2) is 9.06. The van der Waals surface area contributed by atoms with Crippen molar-refractivity contribution in [3.63, 3.8) is 0 Å². The van der Waals surface area contributed by atoms with Crippen LogP contribution in [0, 0.1) is 5.92 Å². The van der Waals surface area contributed by atoms with Gasteiger partial charge in [0.2, 0.25) is 0 Å². The van der Waals surface area contributed by atoms with Crippen molar-refractivity contribution in [2.45, 2.75) is 38.6 Å². The maximum Gasteiger partial charge on any atom is 0.258 e. The molecular weight excluding hydrogens is 386 g/mol. The molecule has 1 aliphatic carbocycles. The predicted molar refractivity (Wildman–Crippen MR) is 126 cm³/mol. The SMILES string of the molecule is CC(=O)c1ccc2c(c1)/C(=C(/NC1CCC(CN(C)C)CC1)c1ccccc1)C(=O)N2. The van der Waals surface area contributed by atoms with Gasteiger partial charge in [0.15, 0.2) is 5.78 Å². The molecule has 0 atom stereocenters. The molecule has 0 aromatic heterocycles. The topological polar surface area (TPSA) is 61.4 Å². The van der Waals surface area contributed by atoms with Gasteiger partial charge in [-0.2, -0.15) is 0 Å². The van der Waals surface area contributed by atoms with Crippen LogP contribution in [-0.4, -0.2) is 43.3 Å². The first-order valence-corrected chi connectivity index (χ1v) is 11.1. The van der Waals surface area contributed by atoms with Gasteiger partial charge in [-0.15, -0.1) is 0 Å². The van der Waals surface area contributed by atoms with Gasteiger partial charge in [0.1, 0.15) is 0 Å². The van der Waals surface area contributed by atoms with Crippen LogP contribution in [0.2, 0.25) is 0 Å². The van der Waals surface area contributed by atoms with E-state index in [1.165, 1.54) is 12.8 Å². The van der Waals surface area contributed by atoms with Gasteiger partial charge in [-0.25, -0.2) is 0 Å². The summed E-state index contributed by atoms with van der Waals surface area (Å²) in [7, 11) is 4.27. The average molecular weight is 418 g/mol. The van der Waals surface area contributed by atoms with E-state index in [1.807, 2.05) is 42.5 Å². The van der Waals surface area contributed by atoms with Crippen molar-refractivity contribution in [2.24, 2.45) is 5.92 Å². The molecule has 0 unspecified atom stereocenters. The van der Waals surface area contributed by atoms with E-state index in [4.69, 9.17) is 0 Å². The highest BCUT2D eigenvalue weighted by molar-refractivity contribution is 6.36. The van der Waals surface area contributed by atoms with Gasteiger partial charge in [0.05, 0.1) is 11.3 Å². The predicted octanol–water partition coefficient (Wildman–Crippen LogP) is 4.42. The molecule has 2 aliphatic rings. The number of ketones is 1. The standard InChI is InChI=1S/C26H31N3O2/c1-17(30)20-11-14-23-22(15-20)24(26(31)28-23)25(19-7-5-4-6-8-19)27-21-12-9-18(10-13-21)16-29(2)3/h4-8,11,14-15,18,21,27H,9-10,12-13,16H2,1-3H3,(H,28,31)/b25-24-. The van der Waals surface area contributed by atoms with E-state index in [1.54, 1.807) is 13.0 Å². The highest BCUT2D eigenvalue weighted by Crippen LogP contribution is 2.38. The van der Waals surface area contributed by atoms with Gasteiger partial charge >= 0.3 is 0 Å². The number of nitrogens with zero attached hydrogens (tertiary/aromatic N) is 1. The first kappa shape index (κ1) is 21.3. The van der Waals surface area contributed by atoms with E-state index in [9.17, 15) is 9.59 Å². The second-order valence-electron chi connectivity index (χ2n) is 9.01. The van der Waals surface area contributed by atoms with Crippen LogP contribution < -0.4 is 10.6 Å². The van der Waals surface area contributed by atoms with Crippen LogP contribution in [0.1, 0.15) is 54.1 Å². The lowest BCUT2D eigenvalue weighted by Crippen LogP contribution is -2.35. The van der Waals surface area contributed by atoms with Gasteiger partial charge in [0.25, 0.3) is 5.91 Å². The summed E-state index contributed by atoms with van der Waals surface area (Å²) in [5, 5.41) is 6.70. The summed E-state index contributed by atoms with van der Waals surface area (Å²) in [5.41, 5.74) is 4.64. The van der Waals surface area contributed by atoms with E-state index in [0.717, 1.165) is 47.8 Å². The maximum absolute atomic E-state index is 13.0. The van der Waals surface area contributed by atoms with Gasteiger partial charge in [-0.3, -0.25) is 9.59 Å². The first-order chi connectivity index (χ1) is 14.9. The molecule has 0 spiro atoms. The van der Waals surface area contributed by atoms with Crippen LogP contribution >= 0.6 is 0 Å². The van der Waals surface area contributed by atoms with Crippen LogP contribution in [0.15, 0.2) is 48.5 Å². The number of hydrogen-bond acceptors (Lipinski definition) is 4. The lowest BCUT2D eigenvalue weighted by Gasteiger charge is -2.32. The maximum atomic E-state index is 13.0. The average Bonchev–Trinajstić information content (AvgIpc) is 3.08. The van der Waals surface area contributed by atoms with Crippen LogP contribution in [0.25, 0.3) is 11.3 Å². The third-order valence-electron chi connectivity index (χ3n) is 6.30. The van der Waals surface area contributed by atoms with Crippen molar-refractivity contribution >= 4 is 28.6 Å². The summed E-state index contributed by atoms with van der Waals surface area (Å²) in [4.78, 5) is 27.3. The molecule has 5 heteroatoms. The number of hydrogen-bond donors (Lipinski definition) is 2. The van der Waals surface area contributed by atoms with Crippen molar-refractivity contribution in [1.82, 2.24) is 10.2 Å². The van der Waals surface area contributed by atoms with Crippen LogP contribution in [0.3, 0.4) is 0 Å². The summed E-state index contributed by atoms with van der Waals surface area (Å²) in [6.45, 7) is 2.68. The lowest BCUT2D eigenvalue weighted by molar-refractivity contribution is -0.110. The number of carbonyl (C=O) groups is 2. The van der Waals surface area contributed by atoms with Crippen molar-refractivity contribution < 1.29 is 9.59 Å². The minimum Gasteiger partial charge on any atom is -0.381 e. The summed E-state index contributed by atoms with van der Waals surface area (Å²) in [6.07, 6.45) is 4.54. The molecule has 2 aromatic carbocycles. The Labute approximate surface area is 184 Å².